The molecule has 0 saturated heterocycles. The summed E-state index contributed by atoms with van der Waals surface area (Å²) in [5.41, 5.74) is -0.756. The maximum atomic E-state index is 14.3. The van der Waals surface area contributed by atoms with E-state index in [1.165, 1.54) is 36.4 Å². The molecule has 0 aromatic heterocycles. The monoisotopic (exact) mass is 542 g/mol. The van der Waals surface area contributed by atoms with Gasteiger partial charge in [-0.15, -0.1) is 0 Å². The second-order valence-corrected chi connectivity index (χ2v) is 10.1. The molecule has 0 amide bonds. The molecule has 202 valence electrons. The summed E-state index contributed by atoms with van der Waals surface area (Å²) in [7, 11) is 0. The lowest BCUT2D eigenvalue weighted by atomic mass is 9.79. The Morgan fingerprint density at radius 2 is 1.38 bits per heavy atom. The van der Waals surface area contributed by atoms with Gasteiger partial charge in [0.1, 0.15) is 57.7 Å². The van der Waals surface area contributed by atoms with E-state index in [9.17, 15) is 35.4 Å². The number of hydrogen-bond acceptors (Lipinski definition) is 10. The molecule has 0 bridgehead atoms. The molecule has 4 atom stereocenters. The van der Waals surface area contributed by atoms with Gasteiger partial charge in [-0.05, 0) is 35.4 Å². The van der Waals surface area contributed by atoms with Gasteiger partial charge in [-0.1, -0.05) is 24.3 Å². The number of phenols is 5. The number of aliphatic hydroxyl groups is 1. The summed E-state index contributed by atoms with van der Waals surface area (Å²) in [4.78, 5) is 14.3. The van der Waals surface area contributed by atoms with Gasteiger partial charge < -0.3 is 44.8 Å². The number of fused-ring (bicyclic) bond motifs is 5. The third kappa shape index (κ3) is 3.23. The van der Waals surface area contributed by atoms with Crippen molar-refractivity contribution >= 4 is 5.78 Å². The largest absolute Gasteiger partial charge is 0.508 e. The van der Waals surface area contributed by atoms with Crippen LogP contribution in [0, 0.1) is 0 Å². The molecule has 0 fully saturated rings. The first-order valence-corrected chi connectivity index (χ1v) is 12.5. The van der Waals surface area contributed by atoms with E-state index in [1.54, 1.807) is 24.3 Å². The summed E-state index contributed by atoms with van der Waals surface area (Å²) in [5, 5.41) is 62.3. The van der Waals surface area contributed by atoms with Crippen LogP contribution < -0.4 is 14.2 Å². The first-order chi connectivity index (χ1) is 19.2. The van der Waals surface area contributed by atoms with E-state index in [1.807, 2.05) is 0 Å². The van der Waals surface area contributed by atoms with Gasteiger partial charge in [0.2, 0.25) is 11.4 Å². The molecule has 40 heavy (non-hydrogen) atoms. The van der Waals surface area contributed by atoms with E-state index in [4.69, 9.17) is 14.2 Å². The van der Waals surface area contributed by atoms with Crippen LogP contribution in [0.2, 0.25) is 0 Å². The number of ether oxygens (including phenoxy) is 3. The maximum absolute atomic E-state index is 14.3. The number of Topliss-reactive ketones (excluding diaryl/α,β-unsaturated/α-hetero) is 1. The van der Waals surface area contributed by atoms with Crippen molar-refractivity contribution in [1.82, 2.24) is 0 Å². The highest BCUT2D eigenvalue weighted by Crippen LogP contribution is 2.63. The first-order valence-electron chi connectivity index (χ1n) is 12.5. The zero-order chi connectivity index (χ0) is 27.9. The Morgan fingerprint density at radius 3 is 2.05 bits per heavy atom. The van der Waals surface area contributed by atoms with E-state index in [0.29, 0.717) is 11.1 Å². The lowest BCUT2D eigenvalue weighted by Crippen LogP contribution is -2.42. The summed E-state index contributed by atoms with van der Waals surface area (Å²) in [6.45, 7) is 0. The Hall–Kier alpha value is -5.09. The minimum Gasteiger partial charge on any atom is -0.508 e. The van der Waals surface area contributed by atoms with Crippen LogP contribution in [0.1, 0.15) is 44.8 Å². The summed E-state index contributed by atoms with van der Waals surface area (Å²) in [6, 6.07) is 15.6. The van der Waals surface area contributed by atoms with Gasteiger partial charge >= 0.3 is 0 Å². The van der Waals surface area contributed by atoms with Gasteiger partial charge in [0.05, 0.1) is 11.7 Å². The number of carbonyl (C=O) groups is 1. The van der Waals surface area contributed by atoms with E-state index in [0.717, 1.165) is 6.07 Å². The molecule has 3 aliphatic heterocycles. The van der Waals surface area contributed by atoms with Crippen molar-refractivity contribution in [3.63, 3.8) is 0 Å². The molecule has 0 unspecified atom stereocenters. The lowest BCUT2D eigenvalue weighted by molar-refractivity contribution is -0.00128. The van der Waals surface area contributed by atoms with E-state index in [2.05, 4.69) is 0 Å². The van der Waals surface area contributed by atoms with Crippen molar-refractivity contribution in [2.24, 2.45) is 0 Å². The standard InChI is InChI=1S/C30H22O10/c31-15-5-1-13(2-6-15)26-21(36)11-18-19(34)12-23-25(27(18)39-26)30(29(38-23)14-3-7-16(32)8-4-14)28(37)24-20(35)9-17(33)10-22(24)40-30/h1-10,12,21,26,29,31-36H,11H2/t21-,26+,29-,30+/m0/s1. The van der Waals surface area contributed by atoms with Crippen molar-refractivity contribution in [2.75, 3.05) is 0 Å². The highest BCUT2D eigenvalue weighted by atomic mass is 16.6. The molecule has 10 heteroatoms. The Labute approximate surface area is 226 Å². The van der Waals surface area contributed by atoms with Crippen LogP contribution in [0.25, 0.3) is 0 Å². The average Bonchev–Trinajstić information content (AvgIpc) is 3.39. The summed E-state index contributed by atoms with van der Waals surface area (Å²) >= 11 is 0. The summed E-state index contributed by atoms with van der Waals surface area (Å²) in [6.07, 6.45) is -3.20. The predicted octanol–water partition coefficient (Wildman–Crippen LogP) is 3.86. The van der Waals surface area contributed by atoms with Crippen LogP contribution in [0.5, 0.6) is 46.0 Å². The third-order valence-corrected chi connectivity index (χ3v) is 7.64. The van der Waals surface area contributed by atoms with Crippen LogP contribution in [0.3, 0.4) is 0 Å². The van der Waals surface area contributed by atoms with Gasteiger partial charge in [-0.3, -0.25) is 4.79 Å². The van der Waals surface area contributed by atoms with Crippen LogP contribution in [0.4, 0.5) is 0 Å². The van der Waals surface area contributed by atoms with Crippen LogP contribution in [-0.2, 0) is 12.0 Å². The van der Waals surface area contributed by atoms with Crippen LogP contribution in [-0.4, -0.2) is 42.5 Å². The molecule has 6 N–H and O–H groups in total. The topological polar surface area (TPSA) is 166 Å². The predicted molar refractivity (Wildman–Crippen MR) is 137 cm³/mol. The van der Waals surface area contributed by atoms with Crippen LogP contribution >= 0.6 is 0 Å². The second-order valence-electron chi connectivity index (χ2n) is 10.1. The highest BCUT2D eigenvalue weighted by Gasteiger charge is 2.65. The number of aromatic hydroxyl groups is 5. The fourth-order valence-electron chi connectivity index (χ4n) is 5.84. The molecule has 7 rings (SSSR count). The zero-order valence-corrected chi connectivity index (χ0v) is 20.6. The van der Waals surface area contributed by atoms with Gasteiger partial charge in [0.25, 0.3) is 0 Å². The van der Waals surface area contributed by atoms with Gasteiger partial charge in [0.15, 0.2) is 6.10 Å². The fraction of sp³-hybridized carbons (Fsp3) is 0.167. The first kappa shape index (κ1) is 24.0. The Kier molecular flexibility index (Phi) is 4.92. The normalized spacial score (nSPS) is 24.0. The molecule has 3 aliphatic rings. The number of rotatable bonds is 2. The van der Waals surface area contributed by atoms with Crippen molar-refractivity contribution in [3.05, 3.63) is 94.5 Å². The number of ketones is 1. The molecule has 10 nitrogen and oxygen atoms in total. The smallest absolute Gasteiger partial charge is 0.244 e. The Balaban J connectivity index is 1.46. The Bertz CT molecular complexity index is 1700. The van der Waals surface area contributed by atoms with Crippen LogP contribution in [0.15, 0.2) is 66.7 Å². The van der Waals surface area contributed by atoms with Gasteiger partial charge in [-0.25, -0.2) is 0 Å². The highest BCUT2D eigenvalue weighted by molar-refractivity contribution is 6.12. The molecule has 4 aromatic rings. The minimum absolute atomic E-state index is 0.0121. The molecule has 0 saturated carbocycles. The van der Waals surface area contributed by atoms with Crippen molar-refractivity contribution < 1.29 is 49.6 Å². The molecule has 0 radical (unpaired) electrons. The maximum Gasteiger partial charge on any atom is 0.244 e. The number of hydrogen-bond donors (Lipinski definition) is 6. The Morgan fingerprint density at radius 1 is 0.725 bits per heavy atom. The fourth-order valence-corrected chi connectivity index (χ4v) is 5.84. The van der Waals surface area contributed by atoms with Gasteiger partial charge in [0, 0.05) is 30.2 Å². The summed E-state index contributed by atoms with van der Waals surface area (Å²) < 4.78 is 18.9. The number of aliphatic hydroxyl groups excluding tert-OH is 1. The zero-order valence-electron chi connectivity index (χ0n) is 20.6. The molecule has 3 heterocycles. The number of carbonyl (C=O) groups excluding carboxylic acids is 1. The van der Waals surface area contributed by atoms with Crippen molar-refractivity contribution in [3.8, 4) is 46.0 Å². The molecular weight excluding hydrogens is 520 g/mol. The number of benzene rings is 4. The summed E-state index contributed by atoms with van der Waals surface area (Å²) in [5.74, 6) is -1.59. The van der Waals surface area contributed by atoms with Crippen molar-refractivity contribution in [2.45, 2.75) is 30.3 Å². The molecular formula is C30H22O10. The average molecular weight is 542 g/mol. The van der Waals surface area contributed by atoms with Crippen molar-refractivity contribution in [1.29, 1.82) is 0 Å². The molecule has 1 spiro atoms. The SMILES string of the molecule is O=C1c2c(O)cc(O)cc2O[C@]12c1c(cc(O)c3c1O[C@H](c1ccc(O)cc1)[C@@H](O)C3)O[C@H]2c1ccc(O)cc1. The minimum atomic E-state index is -1.96. The van der Waals surface area contributed by atoms with E-state index < -0.39 is 35.4 Å². The van der Waals surface area contributed by atoms with E-state index >= 15 is 0 Å². The second kappa shape index (κ2) is 8.20. The number of phenolic OH excluding ortho intramolecular Hbond substituents is 5. The third-order valence-electron chi connectivity index (χ3n) is 7.64. The molecule has 0 aliphatic carbocycles. The van der Waals surface area contributed by atoms with Gasteiger partial charge in [-0.2, -0.15) is 0 Å². The lowest BCUT2D eigenvalue weighted by Gasteiger charge is -2.35. The molecule has 4 aromatic carbocycles. The quantitative estimate of drug-likeness (QED) is 0.219. The van der Waals surface area contributed by atoms with E-state index in [-0.39, 0.29) is 63.4 Å².